The first kappa shape index (κ1) is 15.5. The molecule has 1 N–H and O–H groups in total. The van der Waals surface area contributed by atoms with Crippen LogP contribution >= 0.6 is 0 Å². The predicted molar refractivity (Wildman–Crippen MR) is 88.1 cm³/mol. The van der Waals surface area contributed by atoms with E-state index in [2.05, 4.69) is 0 Å². The van der Waals surface area contributed by atoms with Crippen LogP contribution in [0.25, 0.3) is 21.7 Å². The lowest BCUT2D eigenvalue weighted by Crippen LogP contribution is -2.09. The lowest BCUT2D eigenvalue weighted by molar-refractivity contribution is 0.0705. The minimum Gasteiger partial charge on any atom is -0.491 e. The lowest BCUT2D eigenvalue weighted by atomic mass is 10.1. The standard InChI is InChI=1S/C18H18O5/c1-12-2-4-15-14-5-3-13(22-9-8-21-7-6-19)11-16(14)18(20)23-17(15)10-12/h2-5,10-11,19H,6-9H2,1H3. The van der Waals surface area contributed by atoms with E-state index in [4.69, 9.17) is 19.0 Å². The van der Waals surface area contributed by atoms with Crippen LogP contribution in [0.1, 0.15) is 5.56 Å². The van der Waals surface area contributed by atoms with Crippen LogP contribution in [-0.2, 0) is 4.74 Å². The number of hydrogen-bond donors (Lipinski definition) is 1. The number of benzene rings is 2. The minimum absolute atomic E-state index is 0.0103. The van der Waals surface area contributed by atoms with E-state index in [-0.39, 0.29) is 18.8 Å². The van der Waals surface area contributed by atoms with E-state index in [0.717, 1.165) is 16.3 Å². The van der Waals surface area contributed by atoms with E-state index in [9.17, 15) is 4.79 Å². The zero-order chi connectivity index (χ0) is 16.2. The fraction of sp³-hybridized carbons (Fsp3) is 0.278. The number of fused-ring (bicyclic) bond motifs is 3. The molecule has 2 aromatic carbocycles. The summed E-state index contributed by atoms with van der Waals surface area (Å²) in [4.78, 5) is 12.2. The van der Waals surface area contributed by atoms with Crippen LogP contribution in [0, 0.1) is 6.92 Å². The molecule has 0 atom stereocenters. The highest BCUT2D eigenvalue weighted by molar-refractivity contribution is 6.04. The fourth-order valence-corrected chi connectivity index (χ4v) is 2.49. The van der Waals surface area contributed by atoms with Crippen LogP contribution in [0.4, 0.5) is 0 Å². The van der Waals surface area contributed by atoms with Crippen molar-refractivity contribution in [1.82, 2.24) is 0 Å². The number of aryl methyl sites for hydroxylation is 1. The third-order valence-corrected chi connectivity index (χ3v) is 3.57. The molecular formula is C18H18O5. The van der Waals surface area contributed by atoms with Crippen LogP contribution in [-0.4, -0.2) is 31.5 Å². The zero-order valence-electron chi connectivity index (χ0n) is 12.9. The molecule has 3 aromatic rings. The summed E-state index contributed by atoms with van der Waals surface area (Å²) in [5.74, 6) is 0.587. The molecule has 1 heterocycles. The maximum atomic E-state index is 12.2. The van der Waals surface area contributed by atoms with E-state index < -0.39 is 0 Å². The molecule has 5 heteroatoms. The summed E-state index contributed by atoms with van der Waals surface area (Å²) in [6.45, 7) is 2.97. The predicted octanol–water partition coefficient (Wildman–Crippen LogP) is 2.64. The molecule has 0 unspecified atom stereocenters. The fourth-order valence-electron chi connectivity index (χ4n) is 2.49. The first-order chi connectivity index (χ1) is 11.2. The van der Waals surface area contributed by atoms with E-state index in [1.54, 1.807) is 6.07 Å². The summed E-state index contributed by atoms with van der Waals surface area (Å²) in [6, 6.07) is 11.2. The van der Waals surface area contributed by atoms with Crippen molar-refractivity contribution in [3.63, 3.8) is 0 Å². The molecule has 3 rings (SSSR count). The van der Waals surface area contributed by atoms with Gasteiger partial charge >= 0.3 is 5.63 Å². The van der Waals surface area contributed by atoms with Gasteiger partial charge in [0.2, 0.25) is 0 Å². The van der Waals surface area contributed by atoms with E-state index in [0.29, 0.717) is 29.9 Å². The van der Waals surface area contributed by atoms with Crippen molar-refractivity contribution in [2.75, 3.05) is 26.4 Å². The Hall–Kier alpha value is -2.37. The maximum Gasteiger partial charge on any atom is 0.344 e. The topological polar surface area (TPSA) is 68.9 Å². The van der Waals surface area contributed by atoms with Gasteiger partial charge in [0.1, 0.15) is 17.9 Å². The Bertz CT molecular complexity index is 882. The summed E-state index contributed by atoms with van der Waals surface area (Å²) in [5, 5.41) is 10.9. The second kappa shape index (κ2) is 6.81. The molecule has 0 saturated heterocycles. The number of aliphatic hydroxyl groups is 1. The molecule has 23 heavy (non-hydrogen) atoms. The number of hydrogen-bond acceptors (Lipinski definition) is 5. The van der Waals surface area contributed by atoms with Crippen molar-refractivity contribution >= 4 is 21.7 Å². The third-order valence-electron chi connectivity index (χ3n) is 3.57. The average molecular weight is 314 g/mol. The molecular weight excluding hydrogens is 296 g/mol. The molecule has 0 radical (unpaired) electrons. The van der Waals surface area contributed by atoms with Gasteiger partial charge in [-0.1, -0.05) is 12.1 Å². The Balaban J connectivity index is 1.91. The van der Waals surface area contributed by atoms with Gasteiger partial charge < -0.3 is 19.0 Å². The number of ether oxygens (including phenoxy) is 2. The normalized spacial score (nSPS) is 11.2. The summed E-state index contributed by atoms with van der Waals surface area (Å²) in [5.41, 5.74) is 1.26. The Kier molecular flexibility index (Phi) is 4.60. The van der Waals surface area contributed by atoms with Gasteiger partial charge in [0, 0.05) is 10.8 Å². The molecule has 1 aromatic heterocycles. The molecule has 0 spiro atoms. The molecule has 120 valence electrons. The Labute approximate surface area is 133 Å². The van der Waals surface area contributed by atoms with Crippen molar-refractivity contribution in [3.05, 3.63) is 52.4 Å². The summed E-state index contributed by atoms with van der Waals surface area (Å²) >= 11 is 0. The monoisotopic (exact) mass is 314 g/mol. The zero-order valence-corrected chi connectivity index (χ0v) is 12.9. The average Bonchev–Trinajstić information content (AvgIpc) is 2.54. The summed E-state index contributed by atoms with van der Waals surface area (Å²) in [7, 11) is 0. The number of aliphatic hydroxyl groups excluding tert-OH is 1. The van der Waals surface area contributed by atoms with Gasteiger partial charge in [-0.25, -0.2) is 4.79 Å². The van der Waals surface area contributed by atoms with Crippen LogP contribution < -0.4 is 10.4 Å². The van der Waals surface area contributed by atoms with E-state index >= 15 is 0 Å². The third kappa shape index (κ3) is 3.36. The molecule has 5 nitrogen and oxygen atoms in total. The molecule has 0 aliphatic rings. The Morgan fingerprint density at radius 1 is 1.00 bits per heavy atom. The highest BCUT2D eigenvalue weighted by Crippen LogP contribution is 2.26. The first-order valence-electron chi connectivity index (χ1n) is 7.47. The lowest BCUT2D eigenvalue weighted by Gasteiger charge is -2.08. The molecule has 0 amide bonds. The quantitative estimate of drug-likeness (QED) is 0.430. The van der Waals surface area contributed by atoms with Gasteiger partial charge in [-0.15, -0.1) is 0 Å². The molecule has 0 fully saturated rings. The molecule has 0 aliphatic heterocycles. The Morgan fingerprint density at radius 3 is 2.65 bits per heavy atom. The van der Waals surface area contributed by atoms with Gasteiger partial charge in [0.05, 0.1) is 25.2 Å². The second-order valence-corrected chi connectivity index (χ2v) is 5.28. The minimum atomic E-state index is -0.375. The van der Waals surface area contributed by atoms with Crippen LogP contribution in [0.2, 0.25) is 0 Å². The van der Waals surface area contributed by atoms with Crippen molar-refractivity contribution in [2.24, 2.45) is 0 Å². The van der Waals surface area contributed by atoms with Gasteiger partial charge in [-0.05, 0) is 36.8 Å². The van der Waals surface area contributed by atoms with Crippen molar-refractivity contribution in [1.29, 1.82) is 0 Å². The van der Waals surface area contributed by atoms with Gasteiger partial charge in [0.25, 0.3) is 0 Å². The molecule has 0 aliphatic carbocycles. The van der Waals surface area contributed by atoms with Crippen molar-refractivity contribution in [3.8, 4) is 5.75 Å². The second-order valence-electron chi connectivity index (χ2n) is 5.28. The van der Waals surface area contributed by atoms with E-state index in [1.807, 2.05) is 37.3 Å². The summed E-state index contributed by atoms with van der Waals surface area (Å²) in [6.07, 6.45) is 0. The van der Waals surface area contributed by atoms with Crippen molar-refractivity contribution < 1.29 is 19.0 Å². The van der Waals surface area contributed by atoms with Crippen LogP contribution in [0.5, 0.6) is 5.75 Å². The highest BCUT2D eigenvalue weighted by atomic mass is 16.5. The Morgan fingerprint density at radius 2 is 1.83 bits per heavy atom. The largest absolute Gasteiger partial charge is 0.491 e. The van der Waals surface area contributed by atoms with Gasteiger partial charge in [0.15, 0.2) is 0 Å². The highest BCUT2D eigenvalue weighted by Gasteiger charge is 2.09. The van der Waals surface area contributed by atoms with Crippen molar-refractivity contribution in [2.45, 2.75) is 6.92 Å². The van der Waals surface area contributed by atoms with Crippen LogP contribution in [0.15, 0.2) is 45.6 Å². The van der Waals surface area contributed by atoms with Gasteiger partial charge in [-0.3, -0.25) is 0 Å². The van der Waals surface area contributed by atoms with E-state index in [1.165, 1.54) is 0 Å². The number of rotatable bonds is 6. The summed E-state index contributed by atoms with van der Waals surface area (Å²) < 4.78 is 16.1. The smallest absolute Gasteiger partial charge is 0.344 e. The maximum absolute atomic E-state index is 12.2. The van der Waals surface area contributed by atoms with Crippen LogP contribution in [0.3, 0.4) is 0 Å². The molecule has 0 bridgehead atoms. The molecule has 0 saturated carbocycles. The SMILES string of the molecule is Cc1ccc2c(c1)oc(=O)c1cc(OCCOCCO)ccc12. The van der Waals surface area contributed by atoms with Gasteiger partial charge in [-0.2, -0.15) is 0 Å². The first-order valence-corrected chi connectivity index (χ1v) is 7.47.